The van der Waals surface area contributed by atoms with Crippen LogP contribution in [0.1, 0.15) is 66.3 Å². The summed E-state index contributed by atoms with van der Waals surface area (Å²) in [4.78, 5) is 35.6. The second-order valence-corrected chi connectivity index (χ2v) is 18.2. The van der Waals surface area contributed by atoms with E-state index in [1.165, 1.54) is 48.5 Å². The van der Waals surface area contributed by atoms with E-state index in [-0.39, 0.29) is 71.1 Å². The quantitative estimate of drug-likeness (QED) is 0.0359. The zero-order valence-electron chi connectivity index (χ0n) is 38.6. The van der Waals surface area contributed by atoms with E-state index in [1.54, 1.807) is 60.7 Å². The number of carbonyl (C=O) groups is 3. The van der Waals surface area contributed by atoms with Crippen LogP contribution in [-0.2, 0) is 25.7 Å². The average Bonchev–Trinajstić information content (AvgIpc) is 3.35. The molecule has 0 spiro atoms. The van der Waals surface area contributed by atoms with Gasteiger partial charge in [0.2, 0.25) is 0 Å². The highest BCUT2D eigenvalue weighted by atomic mass is 127. The van der Waals surface area contributed by atoms with Gasteiger partial charge in [-0.05, 0) is 216 Å². The highest BCUT2D eigenvalue weighted by Gasteiger charge is 2.09. The molecule has 13 N–H and O–H groups in total. The molecule has 3 amide bonds. The van der Waals surface area contributed by atoms with E-state index in [4.69, 9.17) is 15.9 Å². The second kappa shape index (κ2) is 30.5. The molecule has 7 rings (SSSR count). The lowest BCUT2D eigenvalue weighted by atomic mass is 10.1. The van der Waals surface area contributed by atoms with Crippen molar-refractivity contribution in [1.29, 1.82) is 0 Å². The fourth-order valence-electron chi connectivity index (χ4n) is 6.24. The molecule has 0 fully saturated rings. The number of aromatic hydroxyl groups is 8. The SMILES string of the molecule is C.Cc1ccc(C(=O)NCCc2ccc(O)c(O)c2)cc1.NCCc1ccc(O)c(O)c1.O=C(NCCc1ccc(O)c(O)c1)c1ccc(I)cc1.O=C(NCCc1ccc(O)c(O)c1)c1ccc([125I])cc1. The van der Waals surface area contributed by atoms with Gasteiger partial charge in [-0.15, -0.1) is 0 Å². The summed E-state index contributed by atoms with van der Waals surface area (Å²) in [6.45, 7) is 3.92. The summed E-state index contributed by atoms with van der Waals surface area (Å²) in [6.07, 6.45) is 2.48. The smallest absolute Gasteiger partial charge is 0.251 e. The van der Waals surface area contributed by atoms with E-state index >= 15 is 0 Å². The third-order valence-corrected chi connectivity index (χ3v) is 11.7. The van der Waals surface area contributed by atoms with Gasteiger partial charge >= 0.3 is 0 Å². The molecule has 0 unspecified atom stereocenters. The summed E-state index contributed by atoms with van der Waals surface area (Å²) in [5, 5.41) is 82.2. The van der Waals surface area contributed by atoms with E-state index < -0.39 is 0 Å². The lowest BCUT2D eigenvalue weighted by Crippen LogP contribution is -2.25. The van der Waals surface area contributed by atoms with Crippen molar-refractivity contribution in [2.75, 3.05) is 26.2 Å². The zero-order valence-corrected chi connectivity index (χ0v) is 43.0. The Kier molecular flexibility index (Phi) is 25.0. The van der Waals surface area contributed by atoms with Crippen molar-refractivity contribution >= 4 is 62.9 Å². The maximum atomic E-state index is 11.9. The molecule has 72 heavy (non-hydrogen) atoms. The first-order chi connectivity index (χ1) is 33.9. The molecular weight excluding hydrogens is 1140 g/mol. The number of nitrogens with one attached hydrogen (secondary N) is 3. The van der Waals surface area contributed by atoms with Crippen molar-refractivity contribution in [3.05, 3.63) is 197 Å². The Morgan fingerprint density at radius 1 is 0.431 bits per heavy atom. The Balaban J connectivity index is 0.000000257. The van der Waals surface area contributed by atoms with Gasteiger partial charge in [-0.3, -0.25) is 14.4 Å². The van der Waals surface area contributed by atoms with Gasteiger partial charge in [-0.25, -0.2) is 0 Å². The van der Waals surface area contributed by atoms with Crippen molar-refractivity contribution < 1.29 is 55.2 Å². The lowest BCUT2D eigenvalue weighted by Gasteiger charge is -2.06. The van der Waals surface area contributed by atoms with E-state index in [0.29, 0.717) is 68.6 Å². The first-order valence-electron chi connectivity index (χ1n) is 22.1. The van der Waals surface area contributed by atoms with Crippen molar-refractivity contribution in [2.45, 2.75) is 40.0 Å². The Morgan fingerprint density at radius 2 is 0.708 bits per heavy atom. The number of halogens is 2. The van der Waals surface area contributed by atoms with Crippen molar-refractivity contribution in [3.8, 4) is 46.0 Å². The number of rotatable bonds is 14. The Morgan fingerprint density at radius 3 is 1.00 bits per heavy atom. The van der Waals surface area contributed by atoms with Crippen LogP contribution >= 0.6 is 45.2 Å². The summed E-state index contributed by atoms with van der Waals surface area (Å²) in [7, 11) is 0. The Hall–Kier alpha value is -7.23. The van der Waals surface area contributed by atoms with Gasteiger partial charge in [-0.1, -0.05) is 49.4 Å². The summed E-state index contributed by atoms with van der Waals surface area (Å²) in [5.41, 5.74) is 11.8. The van der Waals surface area contributed by atoms with Crippen LogP contribution in [-0.4, -0.2) is 84.8 Å². The van der Waals surface area contributed by atoms with E-state index in [0.717, 1.165) is 35.0 Å². The Bertz CT molecular complexity index is 2570. The minimum Gasteiger partial charge on any atom is -0.504 e. The summed E-state index contributed by atoms with van der Waals surface area (Å²) in [5.74, 6) is -1.40. The van der Waals surface area contributed by atoms with Crippen molar-refractivity contribution in [1.82, 2.24) is 16.0 Å². The first kappa shape index (κ1) is 59.1. The topological polar surface area (TPSA) is 275 Å². The zero-order chi connectivity index (χ0) is 51.9. The summed E-state index contributed by atoms with van der Waals surface area (Å²) in [6, 6.07) is 40.7. The number of nitrogens with two attached hydrogens (primary N) is 1. The van der Waals surface area contributed by atoms with Crippen molar-refractivity contribution in [2.24, 2.45) is 5.73 Å². The second-order valence-electron chi connectivity index (χ2n) is 15.7. The molecule has 0 aliphatic heterocycles. The van der Waals surface area contributed by atoms with E-state index in [2.05, 4.69) is 61.1 Å². The first-order valence-corrected chi connectivity index (χ1v) is 24.2. The average molecular weight is 1200 g/mol. The van der Waals surface area contributed by atoms with Gasteiger partial charge in [0.05, 0.1) is 0 Å². The van der Waals surface area contributed by atoms with E-state index in [9.17, 15) is 45.0 Å². The summed E-state index contributed by atoms with van der Waals surface area (Å²) >= 11 is 4.37. The molecule has 17 heteroatoms. The van der Waals surface area contributed by atoms with Crippen molar-refractivity contribution in [3.63, 3.8) is 0 Å². The van der Waals surface area contributed by atoms with Gasteiger partial charge in [0.15, 0.2) is 46.0 Å². The molecule has 0 bridgehead atoms. The maximum Gasteiger partial charge on any atom is 0.251 e. The summed E-state index contributed by atoms with van der Waals surface area (Å²) < 4.78 is 2.16. The van der Waals surface area contributed by atoms with Gasteiger partial charge in [0, 0.05) is 43.5 Å². The van der Waals surface area contributed by atoms with Crippen LogP contribution in [0.5, 0.6) is 46.0 Å². The maximum absolute atomic E-state index is 11.9. The number of phenols is 8. The minimum atomic E-state index is -0.147. The molecule has 0 aliphatic carbocycles. The van der Waals surface area contributed by atoms with Gasteiger partial charge in [0.1, 0.15) is 0 Å². The number of amides is 3. The van der Waals surface area contributed by atoms with Gasteiger partial charge in [0.25, 0.3) is 17.7 Å². The molecule has 380 valence electrons. The molecule has 0 saturated heterocycles. The predicted molar refractivity (Wildman–Crippen MR) is 296 cm³/mol. The normalized spacial score (nSPS) is 10.1. The standard InChI is InChI=1S/C16H17NO3.2C15H14INO3.C8H11NO2.CH4/c1-11-2-5-13(6-3-11)16(20)17-9-8-12-4-7-14(18)15(19)10-12;2*16-12-4-2-11(3-5-12)15(20)17-8-7-10-1-6-13(18)14(19)9-10;9-4-3-6-1-2-7(10)8(11)5-6;/h2-7,10,18-19H,8-9H2,1H3,(H,17,20);2*1-6,9,18-19H,7-8H2,(H,17,20);1-2,5,10-11H,3-4,9H2;1H4/i;16-2;;;. The number of aryl methyl sites for hydroxylation is 1. The number of hydrogen-bond acceptors (Lipinski definition) is 12. The van der Waals surface area contributed by atoms with Crippen LogP contribution in [0.3, 0.4) is 0 Å². The highest BCUT2D eigenvalue weighted by molar-refractivity contribution is 14.1. The molecule has 0 aliphatic rings. The fourth-order valence-corrected chi connectivity index (χ4v) is 6.96. The third kappa shape index (κ3) is 20.6. The largest absolute Gasteiger partial charge is 0.504 e. The van der Waals surface area contributed by atoms with Crippen LogP contribution in [0.4, 0.5) is 0 Å². The minimum absolute atomic E-state index is 0. The highest BCUT2D eigenvalue weighted by Crippen LogP contribution is 2.27. The lowest BCUT2D eigenvalue weighted by molar-refractivity contribution is 0.0946. The number of phenolic OH excluding ortho intramolecular Hbond substituents is 8. The molecule has 0 radical (unpaired) electrons. The number of hydrogen-bond donors (Lipinski definition) is 12. The van der Waals surface area contributed by atoms with Crippen LogP contribution < -0.4 is 21.7 Å². The van der Waals surface area contributed by atoms with Crippen LogP contribution in [0.2, 0.25) is 0 Å². The van der Waals surface area contributed by atoms with Crippen LogP contribution in [0.25, 0.3) is 0 Å². The molecule has 0 heterocycles. The van der Waals surface area contributed by atoms with Crippen LogP contribution in [0, 0.1) is 14.1 Å². The van der Waals surface area contributed by atoms with Crippen LogP contribution in [0.15, 0.2) is 146 Å². The monoisotopic (exact) mass is 1200 g/mol. The number of carbonyl (C=O) groups excluding carboxylic acids is 3. The van der Waals surface area contributed by atoms with Gasteiger partial charge in [-0.2, -0.15) is 0 Å². The molecule has 0 aromatic heterocycles. The molecule has 7 aromatic rings. The molecule has 0 saturated carbocycles. The fraction of sp³-hybridized carbons (Fsp3) is 0.182. The molecule has 0 atom stereocenters. The molecular formula is C55H60I2N4O11. The van der Waals surface area contributed by atoms with E-state index in [1.807, 2.05) is 43.3 Å². The predicted octanol–water partition coefficient (Wildman–Crippen LogP) is 8.96. The number of benzene rings is 7. The Labute approximate surface area is 446 Å². The third-order valence-electron chi connectivity index (χ3n) is 10.2. The van der Waals surface area contributed by atoms with Gasteiger partial charge < -0.3 is 62.5 Å². The molecule has 7 aromatic carbocycles. The molecule has 15 nitrogen and oxygen atoms in total.